The molecule has 0 aliphatic heterocycles. The van der Waals surface area contributed by atoms with Crippen molar-refractivity contribution in [3.05, 3.63) is 42.6 Å². The second kappa shape index (κ2) is 5.25. The Hall–Kier alpha value is -1.77. The molecule has 0 spiro atoms. The molecule has 3 nitrogen and oxygen atoms in total. The SMILES string of the molecule is c1ccc(-n2nccc2NC2CCCCC2)cc1. The minimum Gasteiger partial charge on any atom is -0.367 e. The molecule has 94 valence electrons. The first-order chi connectivity index (χ1) is 8.93. The quantitative estimate of drug-likeness (QED) is 0.889. The van der Waals surface area contributed by atoms with E-state index in [1.807, 2.05) is 29.1 Å². The Labute approximate surface area is 108 Å². The number of para-hydroxylation sites is 1. The maximum Gasteiger partial charge on any atom is 0.129 e. The lowest BCUT2D eigenvalue weighted by Gasteiger charge is -2.24. The zero-order chi connectivity index (χ0) is 12.2. The van der Waals surface area contributed by atoms with Gasteiger partial charge in [0.2, 0.25) is 0 Å². The summed E-state index contributed by atoms with van der Waals surface area (Å²) in [5.74, 6) is 1.10. The van der Waals surface area contributed by atoms with Crippen LogP contribution >= 0.6 is 0 Å². The topological polar surface area (TPSA) is 29.9 Å². The number of benzene rings is 1. The number of hydrogen-bond acceptors (Lipinski definition) is 2. The van der Waals surface area contributed by atoms with E-state index in [0.717, 1.165) is 11.5 Å². The number of nitrogens with zero attached hydrogens (tertiary/aromatic N) is 2. The van der Waals surface area contributed by atoms with Crippen LogP contribution < -0.4 is 5.32 Å². The van der Waals surface area contributed by atoms with E-state index in [2.05, 4.69) is 28.6 Å². The van der Waals surface area contributed by atoms with Crippen molar-refractivity contribution in [1.29, 1.82) is 0 Å². The zero-order valence-corrected chi connectivity index (χ0v) is 10.5. The van der Waals surface area contributed by atoms with Crippen LogP contribution in [0, 0.1) is 0 Å². The van der Waals surface area contributed by atoms with Crippen molar-refractivity contribution in [3.8, 4) is 5.69 Å². The molecule has 1 aromatic heterocycles. The Morgan fingerprint density at radius 1 is 1.00 bits per heavy atom. The lowest BCUT2D eigenvalue weighted by atomic mass is 9.95. The van der Waals surface area contributed by atoms with Crippen molar-refractivity contribution in [2.75, 3.05) is 5.32 Å². The molecule has 0 bridgehead atoms. The van der Waals surface area contributed by atoms with Crippen LogP contribution in [0.25, 0.3) is 5.69 Å². The van der Waals surface area contributed by atoms with Crippen LogP contribution in [0.15, 0.2) is 42.6 Å². The Bertz CT molecular complexity index is 483. The van der Waals surface area contributed by atoms with Crippen molar-refractivity contribution in [2.45, 2.75) is 38.1 Å². The van der Waals surface area contributed by atoms with Gasteiger partial charge in [0, 0.05) is 12.1 Å². The van der Waals surface area contributed by atoms with Gasteiger partial charge in [-0.1, -0.05) is 37.5 Å². The molecule has 1 aliphatic carbocycles. The molecular weight excluding hydrogens is 222 g/mol. The third-order valence-corrected chi connectivity index (χ3v) is 3.60. The molecule has 1 aromatic carbocycles. The summed E-state index contributed by atoms with van der Waals surface area (Å²) in [6.45, 7) is 0. The highest BCUT2D eigenvalue weighted by Crippen LogP contribution is 2.22. The standard InChI is InChI=1S/C15H19N3/c1-3-7-13(8-4-1)17-15-11-12-16-18(15)14-9-5-2-6-10-14/h2,5-6,9-13,17H,1,3-4,7-8H2. The van der Waals surface area contributed by atoms with Crippen LogP contribution in [0.2, 0.25) is 0 Å². The first kappa shape index (κ1) is 11.3. The Morgan fingerprint density at radius 3 is 2.56 bits per heavy atom. The third kappa shape index (κ3) is 2.40. The molecule has 2 aromatic rings. The van der Waals surface area contributed by atoms with Gasteiger partial charge in [-0.3, -0.25) is 0 Å². The third-order valence-electron chi connectivity index (χ3n) is 3.60. The predicted octanol–water partition coefficient (Wildman–Crippen LogP) is 3.62. The van der Waals surface area contributed by atoms with Crippen LogP contribution in [0.1, 0.15) is 32.1 Å². The summed E-state index contributed by atoms with van der Waals surface area (Å²) >= 11 is 0. The number of rotatable bonds is 3. The molecule has 1 N–H and O–H groups in total. The second-order valence-corrected chi connectivity index (χ2v) is 4.94. The van der Waals surface area contributed by atoms with Gasteiger partial charge in [-0.25, -0.2) is 4.68 Å². The molecule has 1 heterocycles. The van der Waals surface area contributed by atoms with Gasteiger partial charge in [0.15, 0.2) is 0 Å². The number of hydrogen-bond donors (Lipinski definition) is 1. The van der Waals surface area contributed by atoms with Gasteiger partial charge in [-0.2, -0.15) is 5.10 Å². The molecule has 0 atom stereocenters. The van der Waals surface area contributed by atoms with E-state index >= 15 is 0 Å². The lowest BCUT2D eigenvalue weighted by Crippen LogP contribution is -2.23. The van der Waals surface area contributed by atoms with E-state index in [9.17, 15) is 0 Å². The Balaban J connectivity index is 1.79. The fourth-order valence-electron chi connectivity index (χ4n) is 2.64. The maximum absolute atomic E-state index is 4.41. The first-order valence-corrected chi connectivity index (χ1v) is 6.79. The van der Waals surface area contributed by atoms with Crippen LogP contribution in [-0.2, 0) is 0 Å². The normalized spacial score (nSPS) is 16.7. The van der Waals surface area contributed by atoms with Crippen molar-refractivity contribution >= 4 is 5.82 Å². The van der Waals surface area contributed by atoms with Gasteiger partial charge in [0.25, 0.3) is 0 Å². The zero-order valence-electron chi connectivity index (χ0n) is 10.5. The maximum atomic E-state index is 4.41. The monoisotopic (exact) mass is 241 g/mol. The molecule has 0 amide bonds. The molecule has 0 unspecified atom stereocenters. The molecule has 1 fully saturated rings. The van der Waals surface area contributed by atoms with E-state index in [1.165, 1.54) is 32.1 Å². The average molecular weight is 241 g/mol. The second-order valence-electron chi connectivity index (χ2n) is 4.94. The first-order valence-electron chi connectivity index (χ1n) is 6.79. The van der Waals surface area contributed by atoms with Crippen molar-refractivity contribution in [3.63, 3.8) is 0 Å². The van der Waals surface area contributed by atoms with Gasteiger partial charge in [-0.15, -0.1) is 0 Å². The lowest BCUT2D eigenvalue weighted by molar-refractivity contribution is 0.461. The number of nitrogens with one attached hydrogen (secondary N) is 1. The van der Waals surface area contributed by atoms with E-state index < -0.39 is 0 Å². The highest BCUT2D eigenvalue weighted by Gasteiger charge is 2.15. The molecule has 1 saturated carbocycles. The van der Waals surface area contributed by atoms with Crippen LogP contribution in [0.3, 0.4) is 0 Å². The summed E-state index contributed by atoms with van der Waals surface area (Å²) in [5, 5.41) is 8.03. The van der Waals surface area contributed by atoms with Crippen LogP contribution in [0.5, 0.6) is 0 Å². The summed E-state index contributed by atoms with van der Waals surface area (Å²) in [5.41, 5.74) is 1.11. The van der Waals surface area contributed by atoms with Gasteiger partial charge < -0.3 is 5.32 Å². The summed E-state index contributed by atoms with van der Waals surface area (Å²) in [6.07, 6.45) is 8.49. The minimum absolute atomic E-state index is 0.609. The summed E-state index contributed by atoms with van der Waals surface area (Å²) in [6, 6.07) is 12.9. The van der Waals surface area contributed by atoms with Gasteiger partial charge in [-0.05, 0) is 25.0 Å². The number of anilines is 1. The van der Waals surface area contributed by atoms with Crippen molar-refractivity contribution in [2.24, 2.45) is 0 Å². The van der Waals surface area contributed by atoms with Gasteiger partial charge in [0.05, 0.1) is 11.9 Å². The van der Waals surface area contributed by atoms with Crippen molar-refractivity contribution in [1.82, 2.24) is 9.78 Å². The van der Waals surface area contributed by atoms with Crippen molar-refractivity contribution < 1.29 is 0 Å². The predicted molar refractivity (Wildman–Crippen MR) is 74.1 cm³/mol. The molecular formula is C15H19N3. The molecule has 3 heteroatoms. The van der Waals surface area contributed by atoms with E-state index in [0.29, 0.717) is 6.04 Å². The highest BCUT2D eigenvalue weighted by molar-refractivity contribution is 5.44. The van der Waals surface area contributed by atoms with Gasteiger partial charge >= 0.3 is 0 Å². The largest absolute Gasteiger partial charge is 0.367 e. The Morgan fingerprint density at radius 2 is 1.78 bits per heavy atom. The van der Waals surface area contributed by atoms with Crippen LogP contribution in [0.4, 0.5) is 5.82 Å². The van der Waals surface area contributed by atoms with Crippen LogP contribution in [-0.4, -0.2) is 15.8 Å². The minimum atomic E-state index is 0.609. The fourth-order valence-corrected chi connectivity index (χ4v) is 2.64. The molecule has 0 saturated heterocycles. The van der Waals surface area contributed by atoms with Gasteiger partial charge in [0.1, 0.15) is 5.82 Å². The molecule has 3 rings (SSSR count). The Kier molecular flexibility index (Phi) is 3.31. The molecule has 1 aliphatic rings. The highest BCUT2D eigenvalue weighted by atomic mass is 15.3. The fraction of sp³-hybridized carbons (Fsp3) is 0.400. The summed E-state index contributed by atoms with van der Waals surface area (Å²) in [7, 11) is 0. The summed E-state index contributed by atoms with van der Waals surface area (Å²) in [4.78, 5) is 0. The average Bonchev–Trinajstić information content (AvgIpc) is 2.89. The smallest absolute Gasteiger partial charge is 0.129 e. The molecule has 0 radical (unpaired) electrons. The van der Waals surface area contributed by atoms with E-state index in [1.54, 1.807) is 0 Å². The molecule has 18 heavy (non-hydrogen) atoms. The summed E-state index contributed by atoms with van der Waals surface area (Å²) < 4.78 is 1.98. The number of aromatic nitrogens is 2. The van der Waals surface area contributed by atoms with E-state index in [4.69, 9.17) is 0 Å². The van der Waals surface area contributed by atoms with E-state index in [-0.39, 0.29) is 0 Å².